The van der Waals surface area contributed by atoms with Crippen LogP contribution in [0.2, 0.25) is 0 Å². The molecule has 1 saturated heterocycles. The van der Waals surface area contributed by atoms with E-state index in [1.165, 1.54) is 0 Å². The number of carbonyl (C=O) groups is 1. The van der Waals surface area contributed by atoms with Gasteiger partial charge in [-0.2, -0.15) is 0 Å². The maximum absolute atomic E-state index is 13.2. The van der Waals surface area contributed by atoms with Crippen molar-refractivity contribution < 1.29 is 4.79 Å². The molecule has 1 amide bonds. The average Bonchev–Trinajstić information content (AvgIpc) is 3.27. The number of rotatable bonds is 7. The van der Waals surface area contributed by atoms with E-state index in [4.69, 9.17) is 0 Å². The highest BCUT2D eigenvalue weighted by Gasteiger charge is 2.29. The molecule has 0 spiro atoms. The second kappa shape index (κ2) is 9.15. The molecule has 1 aromatic carbocycles. The van der Waals surface area contributed by atoms with E-state index < -0.39 is 0 Å². The molecule has 3 heterocycles. The summed E-state index contributed by atoms with van der Waals surface area (Å²) < 4.78 is 0. The van der Waals surface area contributed by atoms with Crippen LogP contribution < -0.4 is 15.5 Å². The molecule has 3 atom stereocenters. The third kappa shape index (κ3) is 4.40. The van der Waals surface area contributed by atoms with Gasteiger partial charge in [0.15, 0.2) is 0 Å². The molecule has 0 radical (unpaired) electrons. The Morgan fingerprint density at radius 3 is 2.90 bits per heavy atom. The molecule has 0 aliphatic carbocycles. The van der Waals surface area contributed by atoms with E-state index in [0.29, 0.717) is 0 Å². The fraction of sp³-hybridized carbons (Fsp3) is 0.435. The first-order chi connectivity index (χ1) is 14.7. The van der Waals surface area contributed by atoms with Gasteiger partial charge in [0.25, 0.3) is 0 Å². The summed E-state index contributed by atoms with van der Waals surface area (Å²) in [7, 11) is 0. The zero-order chi connectivity index (χ0) is 20.9. The number of piperidine rings is 1. The molecule has 4 rings (SSSR count). The minimum absolute atomic E-state index is 0.0644. The van der Waals surface area contributed by atoms with E-state index >= 15 is 0 Å². The summed E-state index contributed by atoms with van der Waals surface area (Å²) in [5, 5.41) is 7.76. The van der Waals surface area contributed by atoms with Crippen molar-refractivity contribution in [1.82, 2.24) is 20.3 Å². The Balaban J connectivity index is 1.45. The van der Waals surface area contributed by atoms with Gasteiger partial charge in [-0.25, -0.2) is 9.97 Å². The van der Waals surface area contributed by atoms with Gasteiger partial charge in [0.2, 0.25) is 5.91 Å². The van der Waals surface area contributed by atoms with Gasteiger partial charge in [-0.3, -0.25) is 4.79 Å². The first kappa shape index (κ1) is 20.2. The Labute approximate surface area is 177 Å². The van der Waals surface area contributed by atoms with Gasteiger partial charge in [0.1, 0.15) is 23.8 Å². The van der Waals surface area contributed by atoms with E-state index in [2.05, 4.69) is 44.3 Å². The molecule has 2 aromatic heterocycles. The molecule has 158 valence electrons. The maximum Gasteiger partial charge on any atom is 0.243 e. The quantitative estimate of drug-likeness (QED) is 0.558. The molecular formula is C23H30N6O. The van der Waals surface area contributed by atoms with Gasteiger partial charge in [0.05, 0.1) is 5.39 Å². The van der Waals surface area contributed by atoms with E-state index in [-0.39, 0.29) is 23.9 Å². The first-order valence-electron chi connectivity index (χ1n) is 10.8. The number of amides is 1. The van der Waals surface area contributed by atoms with Gasteiger partial charge in [0, 0.05) is 31.0 Å². The van der Waals surface area contributed by atoms with E-state index in [9.17, 15) is 4.79 Å². The van der Waals surface area contributed by atoms with Crippen molar-refractivity contribution in [2.45, 2.75) is 45.2 Å². The lowest BCUT2D eigenvalue weighted by Gasteiger charge is -2.35. The highest BCUT2D eigenvalue weighted by atomic mass is 16.2. The second-order valence-corrected chi connectivity index (χ2v) is 8.10. The molecule has 3 unspecified atom stereocenters. The van der Waals surface area contributed by atoms with Crippen molar-refractivity contribution in [3.8, 4) is 0 Å². The maximum atomic E-state index is 13.2. The predicted molar refractivity (Wildman–Crippen MR) is 121 cm³/mol. The van der Waals surface area contributed by atoms with Crippen LogP contribution in [0.5, 0.6) is 0 Å². The van der Waals surface area contributed by atoms with Gasteiger partial charge in [-0.15, -0.1) is 0 Å². The van der Waals surface area contributed by atoms with Crippen molar-refractivity contribution in [2.24, 2.45) is 5.92 Å². The van der Waals surface area contributed by atoms with E-state index in [0.717, 1.165) is 54.9 Å². The van der Waals surface area contributed by atoms with Crippen LogP contribution in [-0.4, -0.2) is 46.0 Å². The summed E-state index contributed by atoms with van der Waals surface area (Å²) in [4.78, 5) is 27.4. The normalized spacial score (nSPS) is 18.7. The molecule has 0 bridgehead atoms. The monoisotopic (exact) mass is 406 g/mol. The summed E-state index contributed by atoms with van der Waals surface area (Å²) in [6.07, 6.45) is 6.40. The van der Waals surface area contributed by atoms with Crippen molar-refractivity contribution in [2.75, 3.05) is 23.3 Å². The number of nitrogens with one attached hydrogen (secondary N) is 3. The molecule has 1 fully saturated rings. The number of aromatic amines is 1. The molecule has 3 aromatic rings. The lowest BCUT2D eigenvalue weighted by atomic mass is 9.96. The van der Waals surface area contributed by atoms with Gasteiger partial charge in [-0.1, -0.05) is 38.5 Å². The number of carbonyl (C=O) groups excluding carboxylic acids is 1. The molecule has 0 saturated carbocycles. The number of benzene rings is 1. The van der Waals surface area contributed by atoms with Crippen molar-refractivity contribution in [3.63, 3.8) is 0 Å². The highest BCUT2D eigenvalue weighted by molar-refractivity contribution is 5.88. The summed E-state index contributed by atoms with van der Waals surface area (Å²) >= 11 is 0. The third-order valence-electron chi connectivity index (χ3n) is 5.99. The van der Waals surface area contributed by atoms with E-state index in [1.807, 2.05) is 42.6 Å². The Kier molecular flexibility index (Phi) is 6.16. The van der Waals surface area contributed by atoms with E-state index in [1.54, 1.807) is 6.33 Å². The number of aromatic nitrogens is 3. The Bertz CT molecular complexity index is 972. The number of hydrogen-bond acceptors (Lipinski definition) is 5. The zero-order valence-electron chi connectivity index (χ0n) is 17.6. The molecule has 7 nitrogen and oxygen atoms in total. The lowest BCUT2D eigenvalue weighted by Crippen LogP contribution is -2.53. The summed E-state index contributed by atoms with van der Waals surface area (Å²) in [6.45, 7) is 5.93. The number of nitrogens with zero attached hydrogens (tertiary/aromatic N) is 3. The number of fused-ring (bicyclic) bond motifs is 1. The summed E-state index contributed by atoms with van der Waals surface area (Å²) in [6, 6.07) is 11.8. The van der Waals surface area contributed by atoms with Crippen LogP contribution in [0.1, 0.15) is 33.1 Å². The topological polar surface area (TPSA) is 85.9 Å². The minimum Gasteiger partial charge on any atom is -0.373 e. The second-order valence-electron chi connectivity index (χ2n) is 8.10. The van der Waals surface area contributed by atoms with Crippen molar-refractivity contribution in [1.29, 1.82) is 0 Å². The Hall–Kier alpha value is -3.09. The van der Waals surface area contributed by atoms with Crippen LogP contribution in [-0.2, 0) is 4.79 Å². The van der Waals surface area contributed by atoms with Crippen LogP contribution in [0.3, 0.4) is 0 Å². The smallest absolute Gasteiger partial charge is 0.243 e. The number of anilines is 2. The summed E-state index contributed by atoms with van der Waals surface area (Å²) in [5.74, 6) is 1.22. The Morgan fingerprint density at radius 2 is 2.10 bits per heavy atom. The first-order valence-corrected chi connectivity index (χ1v) is 10.8. The van der Waals surface area contributed by atoms with Gasteiger partial charge >= 0.3 is 0 Å². The van der Waals surface area contributed by atoms with Gasteiger partial charge < -0.3 is 20.5 Å². The highest BCUT2D eigenvalue weighted by Crippen LogP contribution is 2.25. The van der Waals surface area contributed by atoms with Crippen molar-refractivity contribution in [3.05, 3.63) is 48.9 Å². The molecule has 7 heteroatoms. The SMILES string of the molecule is CCC(C)C(Nc1ccccc1)C(=O)NC1CCCN(c2ncnc3[nH]ccc23)C1. The standard InChI is InChI=1S/C23H30N6O/c1-3-16(2)20(27-17-8-5-4-6-9-17)23(30)28-18-10-7-13-29(14-18)22-19-11-12-24-21(19)25-15-26-22/h4-6,8-9,11-12,15-16,18,20,27H,3,7,10,13-14H2,1-2H3,(H,28,30)(H,24,25,26). The average molecular weight is 407 g/mol. The van der Waals surface area contributed by atoms with Crippen molar-refractivity contribution >= 4 is 28.4 Å². The summed E-state index contributed by atoms with van der Waals surface area (Å²) in [5.41, 5.74) is 1.81. The molecule has 30 heavy (non-hydrogen) atoms. The van der Waals surface area contributed by atoms with Crippen LogP contribution in [0.4, 0.5) is 11.5 Å². The molecule has 1 aliphatic rings. The Morgan fingerprint density at radius 1 is 1.27 bits per heavy atom. The lowest BCUT2D eigenvalue weighted by molar-refractivity contribution is -0.123. The largest absolute Gasteiger partial charge is 0.373 e. The number of hydrogen-bond donors (Lipinski definition) is 3. The van der Waals surface area contributed by atoms with Crippen LogP contribution in [0, 0.1) is 5.92 Å². The minimum atomic E-state index is -0.261. The molecular weight excluding hydrogens is 376 g/mol. The third-order valence-corrected chi connectivity index (χ3v) is 5.99. The zero-order valence-corrected chi connectivity index (χ0v) is 17.6. The van der Waals surface area contributed by atoms with Crippen LogP contribution in [0.25, 0.3) is 11.0 Å². The number of para-hydroxylation sites is 1. The fourth-order valence-electron chi connectivity index (χ4n) is 4.10. The molecule has 3 N–H and O–H groups in total. The van der Waals surface area contributed by atoms with Gasteiger partial charge in [-0.05, 0) is 37.0 Å². The van der Waals surface area contributed by atoms with Crippen LogP contribution >= 0.6 is 0 Å². The molecule has 1 aliphatic heterocycles. The number of H-pyrrole nitrogens is 1. The predicted octanol–water partition coefficient (Wildman–Crippen LogP) is 3.57. The van der Waals surface area contributed by atoms with Crippen LogP contribution in [0.15, 0.2) is 48.9 Å². The fourth-order valence-corrected chi connectivity index (χ4v) is 4.10.